The molecule has 0 spiro atoms. The molecule has 2 N–H and O–H groups in total. The number of hydrogen-bond acceptors (Lipinski definition) is 3. The van der Waals surface area contributed by atoms with E-state index in [0.29, 0.717) is 24.8 Å². The Bertz CT molecular complexity index is 501. The van der Waals surface area contributed by atoms with E-state index in [2.05, 4.69) is 10.6 Å². The summed E-state index contributed by atoms with van der Waals surface area (Å²) >= 11 is 0. The number of amides is 2. The van der Waals surface area contributed by atoms with Gasteiger partial charge in [0.15, 0.2) is 0 Å². The van der Waals surface area contributed by atoms with E-state index in [4.69, 9.17) is 0 Å². The van der Waals surface area contributed by atoms with Gasteiger partial charge in [0.2, 0.25) is 5.91 Å². The highest BCUT2D eigenvalue weighted by molar-refractivity contribution is 5.95. The summed E-state index contributed by atoms with van der Waals surface area (Å²) in [5.74, 6) is -0.172. The van der Waals surface area contributed by atoms with Crippen molar-refractivity contribution in [3.05, 3.63) is 24.0 Å². The van der Waals surface area contributed by atoms with E-state index in [1.54, 1.807) is 4.90 Å². The molecule has 0 radical (unpaired) electrons. The SMILES string of the molecule is O=C(NCC(=O)N1CCNCC1)c1cccn1C1CC1. The number of rotatable bonds is 4. The van der Waals surface area contributed by atoms with Crippen LogP contribution in [0.2, 0.25) is 0 Å². The zero-order valence-electron chi connectivity index (χ0n) is 11.5. The molecule has 2 heterocycles. The van der Waals surface area contributed by atoms with Gasteiger partial charge in [-0.2, -0.15) is 0 Å². The lowest BCUT2D eigenvalue weighted by molar-refractivity contribution is -0.130. The van der Waals surface area contributed by atoms with Crippen LogP contribution < -0.4 is 10.6 Å². The van der Waals surface area contributed by atoms with Gasteiger partial charge >= 0.3 is 0 Å². The topological polar surface area (TPSA) is 66.4 Å². The Morgan fingerprint density at radius 2 is 2.05 bits per heavy atom. The summed E-state index contributed by atoms with van der Waals surface area (Å²) in [4.78, 5) is 25.9. The van der Waals surface area contributed by atoms with Crippen LogP contribution in [0.15, 0.2) is 18.3 Å². The minimum absolute atomic E-state index is 0.00984. The first-order valence-electron chi connectivity index (χ1n) is 7.19. The molecule has 0 aromatic carbocycles. The van der Waals surface area contributed by atoms with E-state index >= 15 is 0 Å². The Morgan fingerprint density at radius 1 is 1.30 bits per heavy atom. The van der Waals surface area contributed by atoms with Gasteiger partial charge < -0.3 is 20.1 Å². The molecule has 1 aromatic rings. The molecule has 2 aliphatic rings. The van der Waals surface area contributed by atoms with Crippen LogP contribution >= 0.6 is 0 Å². The molecule has 1 aliphatic carbocycles. The summed E-state index contributed by atoms with van der Waals surface area (Å²) in [6, 6.07) is 4.16. The number of aromatic nitrogens is 1. The smallest absolute Gasteiger partial charge is 0.268 e. The van der Waals surface area contributed by atoms with Crippen LogP contribution in [0.4, 0.5) is 0 Å². The van der Waals surface area contributed by atoms with Crippen LogP contribution in [-0.2, 0) is 4.79 Å². The van der Waals surface area contributed by atoms with Gasteiger partial charge in [-0.15, -0.1) is 0 Å². The van der Waals surface area contributed by atoms with E-state index < -0.39 is 0 Å². The fraction of sp³-hybridized carbons (Fsp3) is 0.571. The van der Waals surface area contributed by atoms with Crippen LogP contribution in [0.5, 0.6) is 0 Å². The molecule has 1 aromatic heterocycles. The molecule has 0 atom stereocenters. The molecule has 2 fully saturated rings. The lowest BCUT2D eigenvalue weighted by Gasteiger charge is -2.27. The van der Waals surface area contributed by atoms with Gasteiger partial charge in [0.1, 0.15) is 5.69 Å². The predicted molar refractivity (Wildman–Crippen MR) is 74.5 cm³/mol. The highest BCUT2D eigenvalue weighted by Crippen LogP contribution is 2.35. The third-order valence-corrected chi connectivity index (χ3v) is 3.82. The van der Waals surface area contributed by atoms with E-state index in [0.717, 1.165) is 25.9 Å². The maximum absolute atomic E-state index is 12.1. The minimum atomic E-state index is -0.162. The summed E-state index contributed by atoms with van der Waals surface area (Å²) in [5.41, 5.74) is 0.653. The van der Waals surface area contributed by atoms with E-state index in [9.17, 15) is 9.59 Å². The zero-order valence-corrected chi connectivity index (χ0v) is 11.5. The largest absolute Gasteiger partial charge is 0.342 e. The lowest BCUT2D eigenvalue weighted by Crippen LogP contribution is -2.49. The van der Waals surface area contributed by atoms with E-state index in [-0.39, 0.29) is 18.4 Å². The van der Waals surface area contributed by atoms with Gasteiger partial charge in [0.05, 0.1) is 6.54 Å². The Labute approximate surface area is 118 Å². The number of piperazine rings is 1. The summed E-state index contributed by atoms with van der Waals surface area (Å²) in [6.07, 6.45) is 4.20. The van der Waals surface area contributed by atoms with Crippen molar-refractivity contribution in [3.63, 3.8) is 0 Å². The number of nitrogens with one attached hydrogen (secondary N) is 2. The minimum Gasteiger partial charge on any atom is -0.342 e. The van der Waals surface area contributed by atoms with Crippen LogP contribution in [0.1, 0.15) is 29.4 Å². The fourth-order valence-electron chi connectivity index (χ4n) is 2.53. The molecule has 20 heavy (non-hydrogen) atoms. The quantitative estimate of drug-likeness (QED) is 0.812. The summed E-state index contributed by atoms with van der Waals surface area (Å²) in [5, 5.41) is 5.93. The highest BCUT2D eigenvalue weighted by Gasteiger charge is 2.27. The molecule has 6 nitrogen and oxygen atoms in total. The average molecular weight is 276 g/mol. The monoisotopic (exact) mass is 276 g/mol. The maximum Gasteiger partial charge on any atom is 0.268 e. The molecular weight excluding hydrogens is 256 g/mol. The zero-order chi connectivity index (χ0) is 13.9. The van der Waals surface area contributed by atoms with Crippen molar-refractivity contribution >= 4 is 11.8 Å². The van der Waals surface area contributed by atoms with Crippen molar-refractivity contribution in [1.29, 1.82) is 0 Å². The first-order chi connectivity index (χ1) is 9.75. The number of carbonyl (C=O) groups is 2. The van der Waals surface area contributed by atoms with Crippen molar-refractivity contribution in [2.75, 3.05) is 32.7 Å². The predicted octanol–water partition coefficient (Wildman–Crippen LogP) is -0.0154. The molecule has 0 bridgehead atoms. The van der Waals surface area contributed by atoms with Crippen molar-refractivity contribution in [2.45, 2.75) is 18.9 Å². The van der Waals surface area contributed by atoms with Gasteiger partial charge in [-0.1, -0.05) is 0 Å². The van der Waals surface area contributed by atoms with Crippen LogP contribution in [0.3, 0.4) is 0 Å². The molecule has 0 unspecified atom stereocenters. The highest BCUT2D eigenvalue weighted by atomic mass is 16.2. The lowest BCUT2D eigenvalue weighted by atomic mass is 10.3. The summed E-state index contributed by atoms with van der Waals surface area (Å²) < 4.78 is 2.00. The fourth-order valence-corrected chi connectivity index (χ4v) is 2.53. The van der Waals surface area contributed by atoms with Crippen LogP contribution in [-0.4, -0.2) is 54.0 Å². The van der Waals surface area contributed by atoms with Crippen LogP contribution in [0, 0.1) is 0 Å². The van der Waals surface area contributed by atoms with Crippen LogP contribution in [0.25, 0.3) is 0 Å². The van der Waals surface area contributed by atoms with Gasteiger partial charge in [0.25, 0.3) is 5.91 Å². The Hall–Kier alpha value is -1.82. The third-order valence-electron chi connectivity index (χ3n) is 3.82. The molecule has 3 rings (SSSR count). The van der Waals surface area contributed by atoms with Gasteiger partial charge in [-0.25, -0.2) is 0 Å². The average Bonchev–Trinajstić information content (AvgIpc) is 3.22. The van der Waals surface area contributed by atoms with E-state index in [1.807, 2.05) is 22.9 Å². The van der Waals surface area contributed by atoms with Crippen molar-refractivity contribution in [3.8, 4) is 0 Å². The van der Waals surface area contributed by atoms with Crippen molar-refractivity contribution in [1.82, 2.24) is 20.1 Å². The molecule has 108 valence electrons. The second kappa shape index (κ2) is 5.66. The molecule has 1 saturated heterocycles. The Kier molecular flexibility index (Phi) is 3.73. The van der Waals surface area contributed by atoms with Crippen molar-refractivity contribution < 1.29 is 9.59 Å². The normalized spacial score (nSPS) is 18.9. The Balaban J connectivity index is 1.53. The van der Waals surface area contributed by atoms with E-state index in [1.165, 1.54) is 0 Å². The van der Waals surface area contributed by atoms with Gasteiger partial charge in [-0.3, -0.25) is 9.59 Å². The number of hydrogen-bond donors (Lipinski definition) is 2. The Morgan fingerprint density at radius 3 is 2.75 bits per heavy atom. The molecule has 6 heteroatoms. The first-order valence-corrected chi connectivity index (χ1v) is 7.19. The molecule has 1 saturated carbocycles. The van der Waals surface area contributed by atoms with Gasteiger partial charge in [0, 0.05) is 38.4 Å². The number of nitrogens with zero attached hydrogens (tertiary/aromatic N) is 2. The summed E-state index contributed by atoms with van der Waals surface area (Å²) in [7, 11) is 0. The standard InChI is InChI=1S/C14H20N4O2/c19-13(17-8-5-15-6-9-17)10-16-14(20)12-2-1-7-18(12)11-3-4-11/h1-2,7,11,15H,3-6,8-10H2,(H,16,20). The summed E-state index contributed by atoms with van der Waals surface area (Å²) in [6.45, 7) is 3.16. The van der Waals surface area contributed by atoms with Crippen molar-refractivity contribution in [2.24, 2.45) is 0 Å². The molecule has 2 amide bonds. The molecule has 1 aliphatic heterocycles. The second-order valence-corrected chi connectivity index (χ2v) is 5.35. The first kappa shape index (κ1) is 13.2. The molecular formula is C14H20N4O2. The van der Waals surface area contributed by atoms with Gasteiger partial charge in [-0.05, 0) is 25.0 Å². The second-order valence-electron chi connectivity index (χ2n) is 5.35. The maximum atomic E-state index is 12.1. The number of carbonyl (C=O) groups excluding carboxylic acids is 2. The third kappa shape index (κ3) is 2.85.